The lowest BCUT2D eigenvalue weighted by atomic mass is 10.0. The van der Waals surface area contributed by atoms with E-state index in [0.29, 0.717) is 0 Å². The van der Waals surface area contributed by atoms with Gasteiger partial charge in [0.15, 0.2) is 0 Å². The minimum absolute atomic E-state index is 0.126. The fourth-order valence-corrected chi connectivity index (χ4v) is 0.971. The van der Waals surface area contributed by atoms with Crippen molar-refractivity contribution in [3.63, 3.8) is 0 Å². The van der Waals surface area contributed by atoms with Crippen LogP contribution in [0.3, 0.4) is 0 Å². The van der Waals surface area contributed by atoms with Crippen molar-refractivity contribution >= 4 is 0 Å². The van der Waals surface area contributed by atoms with Gasteiger partial charge in [0.1, 0.15) is 11.1 Å². The lowest BCUT2D eigenvalue weighted by molar-refractivity contribution is -0.139. The number of methoxy groups -OCH3 is 1. The van der Waals surface area contributed by atoms with E-state index in [2.05, 4.69) is 4.74 Å². The van der Waals surface area contributed by atoms with Gasteiger partial charge in [0, 0.05) is 0 Å². The van der Waals surface area contributed by atoms with E-state index in [1.165, 1.54) is 0 Å². The maximum atomic E-state index is 12.7. The Labute approximate surface area is 103 Å². The van der Waals surface area contributed by atoms with Crippen LogP contribution in [0.5, 0.6) is 0 Å². The Bertz CT molecular complexity index is 419. The zero-order valence-corrected chi connectivity index (χ0v) is 9.07. The summed E-state index contributed by atoms with van der Waals surface area (Å²) in [5, 5.41) is 0. The first-order valence-corrected chi connectivity index (χ1v) is 4.19. The molecule has 0 rings (SSSR count). The molecule has 0 spiro atoms. The minimum Gasteiger partial charge on any atom is -0.474 e. The third kappa shape index (κ3) is 4.27. The first-order valence-electron chi connectivity index (χ1n) is 4.19. The monoisotopic (exact) mass is 324 g/mol. The van der Waals surface area contributed by atoms with Gasteiger partial charge in [-0.2, -0.15) is 43.9 Å². The van der Waals surface area contributed by atoms with Gasteiger partial charge in [-0.3, -0.25) is 0 Å². The Morgan fingerprint density at radius 3 is 1.20 bits per heavy atom. The summed E-state index contributed by atoms with van der Waals surface area (Å²) in [7, 11) is 0.126. The average Bonchev–Trinajstić information content (AvgIpc) is 2.18. The maximum absolute atomic E-state index is 12.7. The molecule has 0 aromatic carbocycles. The van der Waals surface area contributed by atoms with E-state index in [1.54, 1.807) is 0 Å². The van der Waals surface area contributed by atoms with Crippen molar-refractivity contribution in [3.05, 3.63) is 23.0 Å². The van der Waals surface area contributed by atoms with Crippen molar-refractivity contribution in [2.75, 3.05) is 7.11 Å². The van der Waals surface area contributed by atoms with Crippen LogP contribution in [0.2, 0.25) is 0 Å². The number of alkyl halides is 9. The van der Waals surface area contributed by atoms with Gasteiger partial charge in [0.2, 0.25) is 5.83 Å². The SMILES string of the molecule is CO/C(F)=C(\C(=C(/F)C(F)(F)F)C(F)(F)F)C(F)(F)F. The Hall–Kier alpha value is -1.49. The number of halogens is 11. The quantitative estimate of drug-likeness (QED) is 0.406. The van der Waals surface area contributed by atoms with Gasteiger partial charge in [-0.15, -0.1) is 0 Å². The van der Waals surface area contributed by atoms with Crippen LogP contribution >= 0.6 is 0 Å². The second-order valence-electron chi connectivity index (χ2n) is 3.04. The molecular weight excluding hydrogens is 321 g/mol. The number of rotatable bonds is 2. The summed E-state index contributed by atoms with van der Waals surface area (Å²) in [6.07, 6.45) is -19.1. The Balaban J connectivity index is 6.59. The fourth-order valence-electron chi connectivity index (χ4n) is 0.971. The molecule has 0 aliphatic carbocycles. The molecule has 20 heavy (non-hydrogen) atoms. The lowest BCUT2D eigenvalue weighted by Crippen LogP contribution is -2.28. The summed E-state index contributed by atoms with van der Waals surface area (Å²) in [6, 6.07) is -3.05. The highest BCUT2D eigenvalue weighted by molar-refractivity contribution is 5.42. The van der Waals surface area contributed by atoms with Crippen molar-refractivity contribution in [1.29, 1.82) is 0 Å². The summed E-state index contributed by atoms with van der Waals surface area (Å²) in [4.78, 5) is 0. The molecule has 0 aromatic rings. The molecule has 0 unspecified atom stereocenters. The number of ether oxygens (including phenoxy) is 1. The first-order chi connectivity index (χ1) is 8.64. The zero-order valence-electron chi connectivity index (χ0n) is 9.07. The topological polar surface area (TPSA) is 9.23 Å². The van der Waals surface area contributed by atoms with Crippen molar-refractivity contribution in [2.24, 2.45) is 0 Å². The largest absolute Gasteiger partial charge is 0.474 e. The Morgan fingerprint density at radius 1 is 0.650 bits per heavy atom. The summed E-state index contributed by atoms with van der Waals surface area (Å²) in [5.41, 5.74) is -7.39. The van der Waals surface area contributed by atoms with Crippen LogP contribution < -0.4 is 0 Å². The van der Waals surface area contributed by atoms with Crippen LogP contribution in [-0.4, -0.2) is 25.6 Å². The number of hydrogen-bond donors (Lipinski definition) is 0. The molecule has 0 fully saturated rings. The summed E-state index contributed by atoms with van der Waals surface area (Å²) in [5.74, 6) is -4.13. The molecule has 0 aliphatic rings. The molecule has 0 N–H and O–H groups in total. The van der Waals surface area contributed by atoms with Crippen LogP contribution in [0, 0.1) is 0 Å². The van der Waals surface area contributed by atoms with Gasteiger partial charge in [0.05, 0.1) is 7.11 Å². The van der Waals surface area contributed by atoms with Gasteiger partial charge in [-0.05, 0) is 0 Å². The molecule has 0 aliphatic heterocycles. The molecular formula is C8H3F11O. The van der Waals surface area contributed by atoms with E-state index < -0.39 is 41.5 Å². The molecule has 0 bridgehead atoms. The third-order valence-corrected chi connectivity index (χ3v) is 1.66. The zero-order chi connectivity index (χ0) is 16.5. The van der Waals surface area contributed by atoms with Crippen LogP contribution in [0.4, 0.5) is 48.3 Å². The number of allylic oxidation sites excluding steroid dienone is 3. The number of hydrogen-bond acceptors (Lipinski definition) is 1. The van der Waals surface area contributed by atoms with E-state index in [4.69, 9.17) is 0 Å². The molecule has 12 heteroatoms. The Kier molecular flexibility index (Phi) is 5.07. The van der Waals surface area contributed by atoms with Gasteiger partial charge in [0.25, 0.3) is 6.01 Å². The van der Waals surface area contributed by atoms with Crippen LogP contribution in [0.1, 0.15) is 0 Å². The molecule has 1 nitrogen and oxygen atoms in total. The van der Waals surface area contributed by atoms with Crippen LogP contribution in [0.15, 0.2) is 23.0 Å². The second kappa shape index (κ2) is 5.48. The molecule has 0 amide bonds. The molecule has 0 saturated heterocycles. The van der Waals surface area contributed by atoms with Crippen molar-refractivity contribution in [1.82, 2.24) is 0 Å². The lowest BCUT2D eigenvalue weighted by Gasteiger charge is -2.19. The van der Waals surface area contributed by atoms with E-state index in [-0.39, 0.29) is 7.11 Å². The van der Waals surface area contributed by atoms with Crippen LogP contribution in [0.25, 0.3) is 0 Å². The summed E-state index contributed by atoms with van der Waals surface area (Å²) in [6.45, 7) is 0. The van der Waals surface area contributed by atoms with Gasteiger partial charge in [-0.1, -0.05) is 0 Å². The van der Waals surface area contributed by atoms with E-state index in [1.807, 2.05) is 0 Å². The second-order valence-corrected chi connectivity index (χ2v) is 3.04. The minimum atomic E-state index is -6.46. The molecule has 0 heterocycles. The standard InChI is InChI=1S/C8H3F11O/c1-20-5(10)3(7(14,15)16)2(6(11,12)13)4(9)8(17,18)19/h1H3/b4-2+,5-3+. The molecule has 0 saturated carbocycles. The van der Waals surface area contributed by atoms with Gasteiger partial charge in [-0.25, -0.2) is 4.39 Å². The highest BCUT2D eigenvalue weighted by Gasteiger charge is 2.55. The third-order valence-electron chi connectivity index (χ3n) is 1.66. The molecule has 0 radical (unpaired) electrons. The van der Waals surface area contributed by atoms with Gasteiger partial charge < -0.3 is 4.74 Å². The summed E-state index contributed by atoms with van der Waals surface area (Å²) < 4.78 is 137. The molecule has 118 valence electrons. The smallest absolute Gasteiger partial charge is 0.443 e. The highest BCUT2D eigenvalue weighted by atomic mass is 19.4. The average molecular weight is 324 g/mol. The first kappa shape index (κ1) is 18.5. The molecule has 0 aromatic heterocycles. The van der Waals surface area contributed by atoms with E-state index >= 15 is 0 Å². The van der Waals surface area contributed by atoms with E-state index in [0.717, 1.165) is 0 Å². The Morgan fingerprint density at radius 2 is 1.00 bits per heavy atom. The van der Waals surface area contributed by atoms with Gasteiger partial charge >= 0.3 is 18.5 Å². The maximum Gasteiger partial charge on any atom is 0.443 e. The van der Waals surface area contributed by atoms with Crippen LogP contribution in [-0.2, 0) is 4.74 Å². The van der Waals surface area contributed by atoms with E-state index in [9.17, 15) is 48.3 Å². The highest BCUT2D eigenvalue weighted by Crippen LogP contribution is 2.46. The van der Waals surface area contributed by atoms with Crippen molar-refractivity contribution in [2.45, 2.75) is 18.5 Å². The van der Waals surface area contributed by atoms with Crippen molar-refractivity contribution in [3.8, 4) is 0 Å². The predicted octanol–water partition coefficient (Wildman–Crippen LogP) is 4.72. The fraction of sp³-hybridized carbons (Fsp3) is 0.500. The van der Waals surface area contributed by atoms with Crippen molar-refractivity contribution < 1.29 is 53.0 Å². The normalized spacial score (nSPS) is 16.6. The predicted molar refractivity (Wildman–Crippen MR) is 41.4 cm³/mol. The molecule has 0 atom stereocenters. The summed E-state index contributed by atoms with van der Waals surface area (Å²) >= 11 is 0.